The number of aromatic nitrogens is 3. The van der Waals surface area contributed by atoms with Crippen LogP contribution < -0.4 is 0 Å². The van der Waals surface area contributed by atoms with E-state index < -0.39 is 0 Å². The standard InChI is InChI=1S/C14H17BrFN3/c1-9(2)8-19-13(7-15)17-18-14(19)12-6-11(16)5-4-10(12)3/h4-6,9H,7-8H2,1-3H3. The molecule has 0 bridgehead atoms. The van der Waals surface area contributed by atoms with Crippen LogP contribution in [-0.4, -0.2) is 14.8 Å². The van der Waals surface area contributed by atoms with Gasteiger partial charge in [0.05, 0.1) is 5.33 Å². The maximum absolute atomic E-state index is 13.4. The van der Waals surface area contributed by atoms with Crippen LogP contribution in [0.4, 0.5) is 4.39 Å². The molecule has 19 heavy (non-hydrogen) atoms. The Morgan fingerprint density at radius 2 is 2.05 bits per heavy atom. The van der Waals surface area contributed by atoms with Gasteiger partial charge in [0.2, 0.25) is 0 Å². The molecule has 0 unspecified atom stereocenters. The molecule has 3 nitrogen and oxygen atoms in total. The summed E-state index contributed by atoms with van der Waals surface area (Å²) < 4.78 is 15.5. The molecular formula is C14H17BrFN3. The Balaban J connectivity index is 2.55. The number of rotatable bonds is 4. The Morgan fingerprint density at radius 3 is 2.68 bits per heavy atom. The van der Waals surface area contributed by atoms with Gasteiger partial charge in [-0.25, -0.2) is 4.39 Å². The van der Waals surface area contributed by atoms with Gasteiger partial charge in [-0.05, 0) is 30.5 Å². The van der Waals surface area contributed by atoms with Crippen LogP contribution in [0, 0.1) is 18.7 Å². The first-order chi connectivity index (χ1) is 9.02. The highest BCUT2D eigenvalue weighted by Crippen LogP contribution is 2.25. The van der Waals surface area contributed by atoms with Crippen molar-refractivity contribution in [1.29, 1.82) is 0 Å². The minimum Gasteiger partial charge on any atom is -0.310 e. The summed E-state index contributed by atoms with van der Waals surface area (Å²) >= 11 is 3.42. The lowest BCUT2D eigenvalue weighted by atomic mass is 10.1. The molecule has 0 fully saturated rings. The van der Waals surface area contributed by atoms with Crippen molar-refractivity contribution < 1.29 is 4.39 Å². The van der Waals surface area contributed by atoms with E-state index in [9.17, 15) is 4.39 Å². The molecule has 0 aliphatic heterocycles. The Labute approximate surface area is 121 Å². The van der Waals surface area contributed by atoms with Crippen molar-refractivity contribution in [2.75, 3.05) is 0 Å². The summed E-state index contributed by atoms with van der Waals surface area (Å²) in [6, 6.07) is 4.76. The van der Waals surface area contributed by atoms with Crippen LogP contribution in [0.5, 0.6) is 0 Å². The van der Waals surface area contributed by atoms with E-state index in [1.165, 1.54) is 12.1 Å². The number of benzene rings is 1. The minimum absolute atomic E-state index is 0.250. The fourth-order valence-corrected chi connectivity index (χ4v) is 2.44. The van der Waals surface area contributed by atoms with E-state index in [1.807, 2.05) is 6.92 Å². The molecule has 2 aromatic rings. The lowest BCUT2D eigenvalue weighted by molar-refractivity contribution is 0.516. The van der Waals surface area contributed by atoms with Gasteiger partial charge in [0.15, 0.2) is 5.82 Å². The molecule has 102 valence electrons. The molecule has 1 aromatic heterocycles. The van der Waals surface area contributed by atoms with Crippen LogP contribution in [0.15, 0.2) is 18.2 Å². The van der Waals surface area contributed by atoms with E-state index >= 15 is 0 Å². The molecule has 0 atom stereocenters. The smallest absolute Gasteiger partial charge is 0.164 e. The van der Waals surface area contributed by atoms with Gasteiger partial charge in [-0.3, -0.25) is 0 Å². The van der Waals surface area contributed by atoms with E-state index in [0.29, 0.717) is 11.2 Å². The van der Waals surface area contributed by atoms with E-state index in [2.05, 4.69) is 44.5 Å². The second-order valence-electron chi connectivity index (χ2n) is 5.04. The largest absolute Gasteiger partial charge is 0.310 e. The molecule has 5 heteroatoms. The fourth-order valence-electron chi connectivity index (χ4n) is 2.03. The topological polar surface area (TPSA) is 30.7 Å². The van der Waals surface area contributed by atoms with Crippen LogP contribution in [0.2, 0.25) is 0 Å². The van der Waals surface area contributed by atoms with Gasteiger partial charge in [0, 0.05) is 12.1 Å². The van der Waals surface area contributed by atoms with Crippen molar-refractivity contribution in [3.8, 4) is 11.4 Å². The average Bonchev–Trinajstić information content (AvgIpc) is 2.74. The first-order valence-electron chi connectivity index (χ1n) is 6.27. The van der Waals surface area contributed by atoms with E-state index in [4.69, 9.17) is 0 Å². The predicted molar refractivity (Wildman–Crippen MR) is 77.6 cm³/mol. The first-order valence-corrected chi connectivity index (χ1v) is 7.39. The summed E-state index contributed by atoms with van der Waals surface area (Å²) in [6.45, 7) is 7.05. The number of nitrogens with zero attached hydrogens (tertiary/aromatic N) is 3. The van der Waals surface area contributed by atoms with Crippen LogP contribution in [0.25, 0.3) is 11.4 Å². The Morgan fingerprint density at radius 1 is 1.32 bits per heavy atom. The second kappa shape index (κ2) is 5.82. The second-order valence-corrected chi connectivity index (χ2v) is 5.60. The van der Waals surface area contributed by atoms with Crippen molar-refractivity contribution in [1.82, 2.24) is 14.8 Å². The van der Waals surface area contributed by atoms with Gasteiger partial charge in [-0.1, -0.05) is 35.8 Å². The number of hydrogen-bond acceptors (Lipinski definition) is 2. The summed E-state index contributed by atoms with van der Waals surface area (Å²) in [7, 11) is 0. The molecule has 0 saturated carbocycles. The summed E-state index contributed by atoms with van der Waals surface area (Å²) in [5, 5.41) is 9.05. The summed E-state index contributed by atoms with van der Waals surface area (Å²) in [4.78, 5) is 0. The van der Waals surface area contributed by atoms with Crippen LogP contribution in [-0.2, 0) is 11.9 Å². The van der Waals surface area contributed by atoms with Gasteiger partial charge in [0.1, 0.15) is 11.6 Å². The maximum Gasteiger partial charge on any atom is 0.164 e. The van der Waals surface area contributed by atoms with Crippen molar-refractivity contribution in [3.63, 3.8) is 0 Å². The van der Waals surface area contributed by atoms with Gasteiger partial charge < -0.3 is 4.57 Å². The zero-order valence-electron chi connectivity index (χ0n) is 11.3. The molecule has 0 spiro atoms. The van der Waals surface area contributed by atoms with Crippen molar-refractivity contribution >= 4 is 15.9 Å². The van der Waals surface area contributed by atoms with Gasteiger partial charge in [-0.15, -0.1) is 10.2 Å². The Bertz CT molecular complexity index is 578. The Hall–Kier alpha value is -1.23. The normalized spacial score (nSPS) is 11.3. The number of hydrogen-bond donors (Lipinski definition) is 0. The first kappa shape index (κ1) is 14.2. The van der Waals surface area contributed by atoms with Crippen molar-refractivity contribution in [2.24, 2.45) is 5.92 Å². The van der Waals surface area contributed by atoms with Gasteiger partial charge in [-0.2, -0.15) is 0 Å². The average molecular weight is 326 g/mol. The molecule has 1 heterocycles. The zero-order valence-corrected chi connectivity index (χ0v) is 12.9. The highest BCUT2D eigenvalue weighted by molar-refractivity contribution is 9.08. The number of halogens is 2. The van der Waals surface area contributed by atoms with E-state index in [1.54, 1.807) is 6.07 Å². The Kier molecular flexibility index (Phi) is 4.34. The zero-order chi connectivity index (χ0) is 14.0. The van der Waals surface area contributed by atoms with Crippen LogP contribution in [0.3, 0.4) is 0 Å². The predicted octanol–water partition coefficient (Wildman–Crippen LogP) is 3.94. The molecule has 1 aromatic carbocycles. The summed E-state index contributed by atoms with van der Waals surface area (Å²) in [6.07, 6.45) is 0. The van der Waals surface area contributed by atoms with Crippen LogP contribution in [0.1, 0.15) is 25.2 Å². The lowest BCUT2D eigenvalue weighted by Crippen LogP contribution is -2.09. The molecule has 0 amide bonds. The molecule has 0 aliphatic carbocycles. The minimum atomic E-state index is -0.250. The van der Waals surface area contributed by atoms with Crippen LogP contribution >= 0.6 is 15.9 Å². The quantitative estimate of drug-likeness (QED) is 0.797. The third-order valence-corrected chi connectivity index (χ3v) is 3.44. The highest BCUT2D eigenvalue weighted by Gasteiger charge is 2.16. The van der Waals surface area contributed by atoms with E-state index in [0.717, 1.165) is 29.3 Å². The molecule has 0 radical (unpaired) electrons. The third-order valence-electron chi connectivity index (χ3n) is 2.94. The summed E-state index contributed by atoms with van der Waals surface area (Å²) in [5.74, 6) is 1.83. The van der Waals surface area contributed by atoms with E-state index in [-0.39, 0.29) is 5.82 Å². The van der Waals surface area contributed by atoms with Crippen molar-refractivity contribution in [3.05, 3.63) is 35.4 Å². The van der Waals surface area contributed by atoms with Gasteiger partial charge in [0.25, 0.3) is 0 Å². The van der Waals surface area contributed by atoms with Gasteiger partial charge >= 0.3 is 0 Å². The molecule has 0 N–H and O–H groups in total. The number of alkyl halides is 1. The maximum atomic E-state index is 13.4. The highest BCUT2D eigenvalue weighted by atomic mass is 79.9. The monoisotopic (exact) mass is 325 g/mol. The molecule has 0 aliphatic rings. The fraction of sp³-hybridized carbons (Fsp3) is 0.429. The summed E-state index contributed by atoms with van der Waals surface area (Å²) in [5.41, 5.74) is 1.81. The lowest BCUT2D eigenvalue weighted by Gasteiger charge is -2.13. The molecular weight excluding hydrogens is 309 g/mol. The third kappa shape index (κ3) is 3.03. The SMILES string of the molecule is Cc1ccc(F)cc1-c1nnc(CBr)n1CC(C)C. The molecule has 0 saturated heterocycles. The molecule has 2 rings (SSSR count). The van der Waals surface area contributed by atoms with Crippen molar-refractivity contribution in [2.45, 2.75) is 32.6 Å². The number of aryl methyl sites for hydroxylation is 1.